The van der Waals surface area contributed by atoms with Crippen molar-refractivity contribution in [2.24, 2.45) is 11.1 Å². The second kappa shape index (κ2) is 10.3. The first-order valence-electron chi connectivity index (χ1n) is 10.8. The number of hydrogen-bond acceptors (Lipinski definition) is 5. The maximum atomic E-state index is 13.0. The minimum Gasteiger partial charge on any atom is -0.497 e. The zero-order chi connectivity index (χ0) is 22.4. The van der Waals surface area contributed by atoms with Gasteiger partial charge in [0.05, 0.1) is 19.4 Å². The molecule has 166 valence electrons. The number of oxime groups is 1. The maximum absolute atomic E-state index is 13.0. The molecule has 1 unspecified atom stereocenters. The van der Waals surface area contributed by atoms with Crippen LogP contribution in [-0.4, -0.2) is 50.4 Å². The van der Waals surface area contributed by atoms with Gasteiger partial charge in [-0.15, -0.1) is 0 Å². The van der Waals surface area contributed by atoms with Crippen molar-refractivity contribution in [2.75, 3.05) is 32.6 Å². The summed E-state index contributed by atoms with van der Waals surface area (Å²) >= 11 is 0. The molecule has 3 rings (SSSR count). The van der Waals surface area contributed by atoms with Gasteiger partial charge in [-0.3, -0.25) is 4.79 Å². The molecule has 0 N–H and O–H groups in total. The van der Waals surface area contributed by atoms with E-state index in [0.717, 1.165) is 28.3 Å². The molecule has 0 saturated heterocycles. The van der Waals surface area contributed by atoms with Crippen molar-refractivity contribution in [3.63, 3.8) is 0 Å². The molecule has 1 heterocycles. The number of rotatable bonds is 9. The largest absolute Gasteiger partial charge is 0.497 e. The number of ether oxygens (including phenoxy) is 1. The van der Waals surface area contributed by atoms with Gasteiger partial charge < -0.3 is 19.4 Å². The Kier molecular flexibility index (Phi) is 7.55. The van der Waals surface area contributed by atoms with Gasteiger partial charge in [0.15, 0.2) is 6.10 Å². The third kappa shape index (κ3) is 6.23. The van der Waals surface area contributed by atoms with Crippen molar-refractivity contribution < 1.29 is 14.4 Å². The summed E-state index contributed by atoms with van der Waals surface area (Å²) in [7, 11) is 5.69. The van der Waals surface area contributed by atoms with Crippen LogP contribution in [0.3, 0.4) is 0 Å². The Hall–Kier alpha value is -3.02. The van der Waals surface area contributed by atoms with Gasteiger partial charge in [-0.1, -0.05) is 43.3 Å². The molecule has 31 heavy (non-hydrogen) atoms. The normalized spacial score (nSPS) is 15.4. The van der Waals surface area contributed by atoms with Gasteiger partial charge in [0.2, 0.25) is 5.91 Å². The Morgan fingerprint density at radius 1 is 1.19 bits per heavy atom. The lowest BCUT2D eigenvalue weighted by molar-refractivity contribution is -0.134. The predicted octanol–water partition coefficient (Wildman–Crippen LogP) is 4.33. The van der Waals surface area contributed by atoms with Gasteiger partial charge in [-0.05, 0) is 41.3 Å². The highest BCUT2D eigenvalue weighted by Crippen LogP contribution is 2.22. The lowest BCUT2D eigenvalue weighted by Crippen LogP contribution is -2.37. The average Bonchev–Trinajstić information content (AvgIpc) is 3.21. The molecule has 1 aliphatic rings. The molecule has 6 nitrogen and oxygen atoms in total. The SMILES string of the molecule is COc1cccc(CN(CC2CC(c3ccc(N(C)C)cc3)=NO2)C(=O)CC(C)C)c1. The molecule has 0 fully saturated rings. The van der Waals surface area contributed by atoms with Crippen LogP contribution in [0.4, 0.5) is 5.69 Å². The molecule has 0 saturated carbocycles. The van der Waals surface area contributed by atoms with Crippen LogP contribution in [0.5, 0.6) is 5.75 Å². The zero-order valence-electron chi connectivity index (χ0n) is 19.2. The number of methoxy groups -OCH3 is 1. The van der Waals surface area contributed by atoms with Gasteiger partial charge in [0.1, 0.15) is 5.75 Å². The van der Waals surface area contributed by atoms with Crippen molar-refractivity contribution in [3.05, 3.63) is 59.7 Å². The highest BCUT2D eigenvalue weighted by atomic mass is 16.6. The van der Waals surface area contributed by atoms with Crippen LogP contribution in [-0.2, 0) is 16.2 Å². The standard InChI is InChI=1S/C25H33N3O3/c1-18(2)13-25(29)28(16-19-7-6-8-22(14-19)30-5)17-23-15-24(26-31-23)20-9-11-21(12-10-20)27(3)4/h6-12,14,18,23H,13,15-17H2,1-5H3. The number of benzene rings is 2. The Balaban J connectivity index is 1.67. The fraction of sp³-hybridized carbons (Fsp3) is 0.440. The highest BCUT2D eigenvalue weighted by Gasteiger charge is 2.27. The van der Waals surface area contributed by atoms with E-state index in [4.69, 9.17) is 9.57 Å². The third-order valence-electron chi connectivity index (χ3n) is 5.32. The molecule has 6 heteroatoms. The summed E-state index contributed by atoms with van der Waals surface area (Å²) in [6.07, 6.45) is 1.05. The van der Waals surface area contributed by atoms with Crippen LogP contribution >= 0.6 is 0 Å². The van der Waals surface area contributed by atoms with E-state index >= 15 is 0 Å². The molecule has 2 aromatic carbocycles. The topological polar surface area (TPSA) is 54.4 Å². The summed E-state index contributed by atoms with van der Waals surface area (Å²) in [6.45, 7) is 5.15. The van der Waals surface area contributed by atoms with Crippen LogP contribution in [0, 0.1) is 5.92 Å². The first-order chi connectivity index (χ1) is 14.9. The Morgan fingerprint density at radius 2 is 1.94 bits per heavy atom. The molecular weight excluding hydrogens is 390 g/mol. The highest BCUT2D eigenvalue weighted by molar-refractivity contribution is 6.01. The number of carbonyl (C=O) groups excluding carboxylic acids is 1. The quantitative estimate of drug-likeness (QED) is 0.602. The molecule has 0 aromatic heterocycles. The number of carbonyl (C=O) groups is 1. The maximum Gasteiger partial charge on any atom is 0.223 e. The van der Waals surface area contributed by atoms with Gasteiger partial charge in [0.25, 0.3) is 0 Å². The van der Waals surface area contributed by atoms with Crippen molar-refractivity contribution in [1.82, 2.24) is 4.90 Å². The molecular formula is C25H33N3O3. The van der Waals surface area contributed by atoms with Gasteiger partial charge in [-0.25, -0.2) is 0 Å². The van der Waals surface area contributed by atoms with Gasteiger partial charge in [-0.2, -0.15) is 0 Å². The molecule has 0 aliphatic carbocycles. The lowest BCUT2D eigenvalue weighted by Gasteiger charge is -2.26. The summed E-state index contributed by atoms with van der Waals surface area (Å²) in [4.78, 5) is 22.6. The van der Waals surface area contributed by atoms with E-state index < -0.39 is 0 Å². The minimum atomic E-state index is -0.148. The molecule has 1 amide bonds. The fourth-order valence-electron chi connectivity index (χ4n) is 3.62. The summed E-state index contributed by atoms with van der Waals surface area (Å²) < 4.78 is 5.33. The third-order valence-corrected chi connectivity index (χ3v) is 5.32. The van der Waals surface area contributed by atoms with Crippen LogP contribution in [0.1, 0.15) is 37.8 Å². The minimum absolute atomic E-state index is 0.130. The Bertz CT molecular complexity index is 906. The second-order valence-electron chi connectivity index (χ2n) is 8.63. The summed E-state index contributed by atoms with van der Waals surface area (Å²) in [5, 5.41) is 4.31. The Morgan fingerprint density at radius 3 is 2.58 bits per heavy atom. The van der Waals surface area contributed by atoms with E-state index in [-0.39, 0.29) is 12.0 Å². The van der Waals surface area contributed by atoms with E-state index in [1.54, 1.807) is 7.11 Å². The van der Waals surface area contributed by atoms with E-state index in [1.165, 1.54) is 0 Å². The monoisotopic (exact) mass is 423 g/mol. The van der Waals surface area contributed by atoms with Crippen molar-refractivity contribution in [2.45, 2.75) is 39.3 Å². The molecule has 2 aromatic rings. The zero-order valence-corrected chi connectivity index (χ0v) is 19.2. The molecule has 0 radical (unpaired) electrons. The molecule has 1 atom stereocenters. The van der Waals surface area contributed by atoms with Crippen molar-refractivity contribution >= 4 is 17.3 Å². The predicted molar refractivity (Wildman–Crippen MR) is 125 cm³/mol. The number of nitrogens with zero attached hydrogens (tertiary/aromatic N) is 3. The summed E-state index contributed by atoms with van der Waals surface area (Å²) in [5.74, 6) is 1.22. The number of hydrogen-bond donors (Lipinski definition) is 0. The fourth-order valence-corrected chi connectivity index (χ4v) is 3.62. The first kappa shape index (κ1) is 22.7. The van der Waals surface area contributed by atoms with Crippen molar-refractivity contribution in [3.8, 4) is 5.75 Å². The average molecular weight is 424 g/mol. The molecule has 0 spiro atoms. The van der Waals surface area contributed by atoms with Gasteiger partial charge in [0, 0.05) is 39.2 Å². The van der Waals surface area contributed by atoms with Crippen LogP contribution in [0.15, 0.2) is 53.7 Å². The smallest absolute Gasteiger partial charge is 0.223 e. The van der Waals surface area contributed by atoms with Crippen LogP contribution in [0.25, 0.3) is 0 Å². The van der Waals surface area contributed by atoms with E-state index in [2.05, 4.69) is 48.2 Å². The summed E-state index contributed by atoms with van der Waals surface area (Å²) in [5.41, 5.74) is 4.16. The summed E-state index contributed by atoms with van der Waals surface area (Å²) in [6, 6.07) is 16.1. The van der Waals surface area contributed by atoms with Crippen molar-refractivity contribution in [1.29, 1.82) is 0 Å². The molecule has 1 aliphatic heterocycles. The molecule has 0 bridgehead atoms. The number of anilines is 1. The van der Waals surface area contributed by atoms with Gasteiger partial charge >= 0.3 is 0 Å². The number of amides is 1. The van der Waals surface area contributed by atoms with E-state index in [0.29, 0.717) is 31.8 Å². The van der Waals surface area contributed by atoms with Crippen LogP contribution < -0.4 is 9.64 Å². The first-order valence-corrected chi connectivity index (χ1v) is 10.8. The lowest BCUT2D eigenvalue weighted by atomic mass is 10.0. The Labute approximate surface area is 185 Å². The second-order valence-corrected chi connectivity index (χ2v) is 8.63. The van der Waals surface area contributed by atoms with Crippen LogP contribution in [0.2, 0.25) is 0 Å². The van der Waals surface area contributed by atoms with E-state index in [9.17, 15) is 4.79 Å². The van der Waals surface area contributed by atoms with E-state index in [1.807, 2.05) is 43.3 Å².